The Morgan fingerprint density at radius 1 is 0.838 bits per heavy atom. The van der Waals surface area contributed by atoms with Crippen LogP contribution in [0, 0.1) is 10.1 Å². The fourth-order valence-corrected chi connectivity index (χ4v) is 5.53. The molecular formula is C31H35ClN2O3. The van der Waals surface area contributed by atoms with Crippen LogP contribution < -0.4 is 0 Å². The third kappa shape index (κ3) is 6.48. The van der Waals surface area contributed by atoms with E-state index in [9.17, 15) is 15.2 Å². The van der Waals surface area contributed by atoms with E-state index in [0.717, 1.165) is 33.9 Å². The highest BCUT2D eigenvalue weighted by molar-refractivity contribution is 5.98. The summed E-state index contributed by atoms with van der Waals surface area (Å²) in [5.41, 5.74) is 6.85. The molecule has 6 heteroatoms. The Balaban J connectivity index is 0.00000320. The number of piperidine rings is 1. The summed E-state index contributed by atoms with van der Waals surface area (Å²) in [6, 6.07) is 26.9. The number of aliphatic hydroxyl groups is 1. The van der Waals surface area contributed by atoms with E-state index in [1.54, 1.807) is 12.1 Å². The molecule has 3 aromatic carbocycles. The van der Waals surface area contributed by atoms with E-state index in [1.165, 1.54) is 44.3 Å². The summed E-state index contributed by atoms with van der Waals surface area (Å²) >= 11 is 0. The van der Waals surface area contributed by atoms with Crippen molar-refractivity contribution in [2.24, 2.45) is 0 Å². The van der Waals surface area contributed by atoms with Crippen LogP contribution in [0.2, 0.25) is 0 Å². The van der Waals surface area contributed by atoms with E-state index in [2.05, 4.69) is 41.3 Å². The number of aliphatic hydroxyl groups excluding tert-OH is 1. The van der Waals surface area contributed by atoms with E-state index >= 15 is 0 Å². The SMILES string of the molecule is Cl.O=[N+]([O-])c1ccc(/C(=C(\CCCO)c2ccccc2)c2ccc(C3CCN(C4CC4)CC3)cc2)cc1. The first kappa shape index (κ1) is 27.1. The Bertz CT molecular complexity index is 1200. The van der Waals surface area contributed by atoms with E-state index < -0.39 is 0 Å². The topological polar surface area (TPSA) is 66.6 Å². The summed E-state index contributed by atoms with van der Waals surface area (Å²) in [5.74, 6) is 0.601. The Morgan fingerprint density at radius 2 is 1.43 bits per heavy atom. The number of rotatable bonds is 9. The lowest BCUT2D eigenvalue weighted by atomic mass is 9.85. The van der Waals surface area contributed by atoms with Crippen molar-refractivity contribution in [3.63, 3.8) is 0 Å². The van der Waals surface area contributed by atoms with Crippen molar-refractivity contribution in [1.29, 1.82) is 0 Å². The molecular weight excluding hydrogens is 484 g/mol. The molecule has 0 bridgehead atoms. The third-order valence-electron chi connectivity index (χ3n) is 7.64. The maximum Gasteiger partial charge on any atom is 0.269 e. The van der Waals surface area contributed by atoms with Gasteiger partial charge in [0.05, 0.1) is 4.92 Å². The lowest BCUT2D eigenvalue weighted by Gasteiger charge is -2.32. The maximum atomic E-state index is 11.3. The molecule has 5 rings (SSSR count). The van der Waals surface area contributed by atoms with E-state index in [4.69, 9.17) is 0 Å². The number of hydrogen-bond donors (Lipinski definition) is 1. The first-order valence-electron chi connectivity index (χ1n) is 13.1. The molecule has 1 aliphatic carbocycles. The molecule has 3 aromatic rings. The summed E-state index contributed by atoms with van der Waals surface area (Å²) in [4.78, 5) is 13.6. The molecule has 0 unspecified atom stereocenters. The van der Waals surface area contributed by atoms with Crippen LogP contribution in [0.3, 0.4) is 0 Å². The molecule has 1 saturated carbocycles. The highest BCUT2D eigenvalue weighted by Gasteiger charge is 2.32. The zero-order valence-corrected chi connectivity index (χ0v) is 21.9. The molecule has 2 fully saturated rings. The Hall–Kier alpha value is -2.99. The molecule has 0 aromatic heterocycles. The zero-order valence-electron chi connectivity index (χ0n) is 21.1. The highest BCUT2D eigenvalue weighted by Crippen LogP contribution is 2.38. The van der Waals surface area contributed by atoms with Gasteiger partial charge >= 0.3 is 0 Å². The minimum atomic E-state index is -0.361. The van der Waals surface area contributed by atoms with Crippen LogP contribution >= 0.6 is 12.4 Å². The monoisotopic (exact) mass is 518 g/mol. The smallest absolute Gasteiger partial charge is 0.269 e. The van der Waals surface area contributed by atoms with E-state index in [0.29, 0.717) is 18.8 Å². The van der Waals surface area contributed by atoms with Crippen LogP contribution in [0.15, 0.2) is 78.9 Å². The fraction of sp³-hybridized carbons (Fsp3) is 0.355. The summed E-state index contributed by atoms with van der Waals surface area (Å²) in [6.45, 7) is 2.51. The van der Waals surface area contributed by atoms with Crippen molar-refractivity contribution in [3.8, 4) is 0 Å². The fourth-order valence-electron chi connectivity index (χ4n) is 5.53. The standard InChI is InChI=1S/C31H34N2O3.ClH/c34-22-4-7-30(25-5-2-1-3-6-25)31(27-12-14-29(15-13-27)33(35)36)26-10-8-23(9-11-26)24-18-20-32(21-19-24)28-16-17-28;/h1-3,5-6,8-15,24,28,34H,4,7,16-22H2;1H/b31-30+;. The zero-order chi connectivity index (χ0) is 24.9. The predicted octanol–water partition coefficient (Wildman–Crippen LogP) is 7.09. The van der Waals surface area contributed by atoms with E-state index in [-0.39, 0.29) is 29.6 Å². The van der Waals surface area contributed by atoms with Gasteiger partial charge in [-0.3, -0.25) is 10.1 Å². The van der Waals surface area contributed by atoms with Crippen LogP contribution in [0.4, 0.5) is 5.69 Å². The number of nitrogens with zero attached hydrogens (tertiary/aromatic N) is 2. The number of nitro benzene ring substituents is 1. The number of allylic oxidation sites excluding steroid dienone is 1. The summed E-state index contributed by atoms with van der Waals surface area (Å²) in [6.07, 6.45) is 6.54. The van der Waals surface area contributed by atoms with Crippen molar-refractivity contribution in [3.05, 3.63) is 111 Å². The van der Waals surface area contributed by atoms with E-state index in [1.807, 2.05) is 30.3 Å². The number of hydrogen-bond acceptors (Lipinski definition) is 4. The summed E-state index contributed by atoms with van der Waals surface area (Å²) in [7, 11) is 0. The second-order valence-corrected chi connectivity index (χ2v) is 10.0. The Morgan fingerprint density at radius 3 is 1.97 bits per heavy atom. The van der Waals surface area contributed by atoms with Crippen LogP contribution in [-0.2, 0) is 0 Å². The second-order valence-electron chi connectivity index (χ2n) is 10.0. The molecule has 37 heavy (non-hydrogen) atoms. The number of halogens is 1. The van der Waals surface area contributed by atoms with Gasteiger partial charge in [-0.2, -0.15) is 0 Å². The molecule has 0 amide bonds. The quantitative estimate of drug-likeness (QED) is 0.186. The Labute approximate surface area is 225 Å². The minimum absolute atomic E-state index is 0. The van der Waals surface area contributed by atoms with Crippen LogP contribution in [-0.4, -0.2) is 40.7 Å². The maximum absolute atomic E-state index is 11.3. The first-order valence-corrected chi connectivity index (χ1v) is 13.1. The van der Waals surface area contributed by atoms with Gasteiger partial charge in [0.2, 0.25) is 0 Å². The molecule has 0 spiro atoms. The van der Waals surface area contributed by atoms with Crippen LogP contribution in [0.5, 0.6) is 0 Å². The van der Waals surface area contributed by atoms with Gasteiger partial charge < -0.3 is 10.0 Å². The number of benzene rings is 3. The number of nitro groups is 1. The van der Waals surface area contributed by atoms with Gasteiger partial charge in [-0.1, -0.05) is 54.6 Å². The molecule has 194 valence electrons. The van der Waals surface area contributed by atoms with Crippen molar-refractivity contribution in [1.82, 2.24) is 4.90 Å². The second kappa shape index (κ2) is 12.5. The van der Waals surface area contributed by atoms with Crippen molar-refractivity contribution >= 4 is 29.2 Å². The largest absolute Gasteiger partial charge is 0.396 e. The minimum Gasteiger partial charge on any atom is -0.396 e. The summed E-state index contributed by atoms with van der Waals surface area (Å²) in [5, 5.41) is 20.9. The van der Waals surface area contributed by atoms with Gasteiger partial charge in [0.15, 0.2) is 0 Å². The molecule has 0 radical (unpaired) electrons. The van der Waals surface area contributed by atoms with Crippen LogP contribution in [0.25, 0.3) is 11.1 Å². The van der Waals surface area contributed by atoms with Crippen molar-refractivity contribution in [2.75, 3.05) is 19.7 Å². The molecule has 0 atom stereocenters. The Kier molecular flexibility index (Phi) is 9.14. The van der Waals surface area contributed by atoms with Gasteiger partial charge in [0.25, 0.3) is 5.69 Å². The molecule has 1 N–H and O–H groups in total. The third-order valence-corrected chi connectivity index (χ3v) is 7.64. The number of likely N-dealkylation sites (tertiary alicyclic amines) is 1. The lowest BCUT2D eigenvalue weighted by molar-refractivity contribution is -0.384. The lowest BCUT2D eigenvalue weighted by Crippen LogP contribution is -2.34. The molecule has 1 aliphatic heterocycles. The van der Waals surface area contributed by atoms with Crippen molar-refractivity contribution < 1.29 is 10.0 Å². The predicted molar refractivity (Wildman–Crippen MR) is 152 cm³/mol. The average Bonchev–Trinajstić information content (AvgIpc) is 3.78. The molecule has 2 aliphatic rings. The van der Waals surface area contributed by atoms with Gasteiger partial charge in [-0.05, 0) is 103 Å². The van der Waals surface area contributed by atoms with Gasteiger partial charge in [-0.15, -0.1) is 12.4 Å². The normalized spacial score (nSPS) is 17.1. The highest BCUT2D eigenvalue weighted by atomic mass is 35.5. The van der Waals surface area contributed by atoms with Gasteiger partial charge in [0, 0.05) is 24.8 Å². The molecule has 5 nitrogen and oxygen atoms in total. The first-order chi connectivity index (χ1) is 17.6. The number of non-ortho nitro benzene ring substituents is 1. The van der Waals surface area contributed by atoms with Crippen LogP contribution in [0.1, 0.15) is 66.7 Å². The molecule has 1 saturated heterocycles. The summed E-state index contributed by atoms with van der Waals surface area (Å²) < 4.78 is 0. The molecule has 1 heterocycles. The van der Waals surface area contributed by atoms with Gasteiger partial charge in [0.1, 0.15) is 0 Å². The van der Waals surface area contributed by atoms with Crippen molar-refractivity contribution in [2.45, 2.75) is 50.5 Å². The average molecular weight is 519 g/mol. The van der Waals surface area contributed by atoms with Gasteiger partial charge in [-0.25, -0.2) is 0 Å².